The van der Waals surface area contributed by atoms with Crippen molar-refractivity contribution >= 4 is 29.1 Å². The molecule has 1 amide bonds. The number of carbonyl (C=O) groups is 1. The molecule has 0 radical (unpaired) electrons. The summed E-state index contributed by atoms with van der Waals surface area (Å²) in [4.78, 5) is 12.2. The van der Waals surface area contributed by atoms with Crippen LogP contribution in [0.25, 0.3) is 0 Å². The van der Waals surface area contributed by atoms with Crippen LogP contribution in [-0.4, -0.2) is 15.7 Å². The molecule has 1 aromatic carbocycles. The number of carbonyl (C=O) groups excluding carboxylic acids is 1. The monoisotopic (exact) mass is 325 g/mol. The van der Waals surface area contributed by atoms with E-state index in [-0.39, 0.29) is 5.91 Å². The zero-order valence-electron chi connectivity index (χ0n) is 12.2. The van der Waals surface area contributed by atoms with Crippen LogP contribution >= 0.6 is 23.2 Å². The van der Waals surface area contributed by atoms with Gasteiger partial charge in [0.2, 0.25) is 0 Å². The van der Waals surface area contributed by atoms with Crippen molar-refractivity contribution in [2.45, 2.75) is 33.9 Å². The number of aromatic nitrogens is 2. The van der Waals surface area contributed by atoms with Gasteiger partial charge in [0.1, 0.15) is 0 Å². The summed E-state index contributed by atoms with van der Waals surface area (Å²) in [5.41, 5.74) is 3.45. The summed E-state index contributed by atoms with van der Waals surface area (Å²) >= 11 is 11.9. The van der Waals surface area contributed by atoms with E-state index in [2.05, 4.69) is 10.4 Å². The Morgan fingerprint density at radius 3 is 2.62 bits per heavy atom. The van der Waals surface area contributed by atoms with Crippen LogP contribution < -0.4 is 5.32 Å². The number of aryl methyl sites for hydroxylation is 2. The van der Waals surface area contributed by atoms with Gasteiger partial charge in [-0.25, -0.2) is 0 Å². The number of benzene rings is 1. The molecule has 1 aromatic heterocycles. The van der Waals surface area contributed by atoms with Gasteiger partial charge in [-0.2, -0.15) is 5.10 Å². The van der Waals surface area contributed by atoms with Gasteiger partial charge in [0, 0.05) is 29.4 Å². The first-order valence-electron chi connectivity index (χ1n) is 6.70. The van der Waals surface area contributed by atoms with Gasteiger partial charge >= 0.3 is 0 Å². The number of rotatable bonds is 4. The summed E-state index contributed by atoms with van der Waals surface area (Å²) in [6.07, 6.45) is 0. The Labute approximate surface area is 134 Å². The molecule has 0 fully saturated rings. The van der Waals surface area contributed by atoms with Crippen molar-refractivity contribution in [1.29, 1.82) is 0 Å². The number of nitrogens with one attached hydrogen (secondary N) is 1. The maximum atomic E-state index is 12.2. The van der Waals surface area contributed by atoms with Crippen molar-refractivity contribution < 1.29 is 4.79 Å². The van der Waals surface area contributed by atoms with E-state index in [1.54, 1.807) is 18.2 Å². The number of hydrogen-bond acceptors (Lipinski definition) is 2. The SMILES string of the molecule is CCn1nc(C)c(CNC(=O)c2ccc(Cl)cc2Cl)c1C. The normalized spacial score (nSPS) is 10.7. The topological polar surface area (TPSA) is 46.9 Å². The van der Waals surface area contributed by atoms with E-state index in [1.807, 2.05) is 25.5 Å². The van der Waals surface area contributed by atoms with Crippen LogP contribution in [0.2, 0.25) is 10.0 Å². The van der Waals surface area contributed by atoms with E-state index in [0.29, 0.717) is 22.2 Å². The van der Waals surface area contributed by atoms with Crippen LogP contribution in [0.15, 0.2) is 18.2 Å². The molecule has 1 N–H and O–H groups in total. The summed E-state index contributed by atoms with van der Waals surface area (Å²) in [6.45, 7) is 7.21. The summed E-state index contributed by atoms with van der Waals surface area (Å²) in [5, 5.41) is 8.16. The fourth-order valence-electron chi connectivity index (χ4n) is 2.24. The molecule has 6 heteroatoms. The van der Waals surface area contributed by atoms with Crippen molar-refractivity contribution in [2.24, 2.45) is 0 Å². The summed E-state index contributed by atoms with van der Waals surface area (Å²) in [5.74, 6) is -0.222. The third kappa shape index (κ3) is 3.39. The average Bonchev–Trinajstić information content (AvgIpc) is 2.71. The molecule has 112 valence electrons. The Morgan fingerprint density at radius 1 is 1.33 bits per heavy atom. The number of amides is 1. The zero-order chi connectivity index (χ0) is 15.6. The highest BCUT2D eigenvalue weighted by Crippen LogP contribution is 2.21. The van der Waals surface area contributed by atoms with Gasteiger partial charge < -0.3 is 5.32 Å². The highest BCUT2D eigenvalue weighted by molar-refractivity contribution is 6.36. The first-order valence-corrected chi connectivity index (χ1v) is 7.45. The Hall–Kier alpha value is -1.52. The second-order valence-electron chi connectivity index (χ2n) is 4.77. The molecule has 0 bridgehead atoms. The lowest BCUT2D eigenvalue weighted by Crippen LogP contribution is -2.23. The molecule has 0 aliphatic rings. The highest BCUT2D eigenvalue weighted by atomic mass is 35.5. The van der Waals surface area contributed by atoms with E-state index >= 15 is 0 Å². The van der Waals surface area contributed by atoms with Crippen LogP contribution in [-0.2, 0) is 13.1 Å². The van der Waals surface area contributed by atoms with Crippen molar-refractivity contribution in [3.05, 3.63) is 50.8 Å². The summed E-state index contributed by atoms with van der Waals surface area (Å²) in [6, 6.07) is 4.83. The molecule has 2 rings (SSSR count). The molecule has 0 aliphatic heterocycles. The Bertz CT molecular complexity index is 680. The average molecular weight is 326 g/mol. The minimum absolute atomic E-state index is 0.222. The standard InChI is InChI=1S/C15H17Cl2N3O/c1-4-20-10(3)13(9(2)19-20)8-18-15(21)12-6-5-11(16)7-14(12)17/h5-7H,4,8H2,1-3H3,(H,18,21). The van der Waals surface area contributed by atoms with Crippen molar-refractivity contribution in [2.75, 3.05) is 0 Å². The minimum atomic E-state index is -0.222. The van der Waals surface area contributed by atoms with E-state index in [1.165, 1.54) is 0 Å². The lowest BCUT2D eigenvalue weighted by atomic mass is 10.1. The van der Waals surface area contributed by atoms with Crippen LogP contribution in [0.1, 0.15) is 34.2 Å². The van der Waals surface area contributed by atoms with Crippen LogP contribution in [0, 0.1) is 13.8 Å². The summed E-state index contributed by atoms with van der Waals surface area (Å²) < 4.78 is 1.92. The molecular weight excluding hydrogens is 309 g/mol. The second-order valence-corrected chi connectivity index (χ2v) is 5.62. The Balaban J connectivity index is 2.13. The summed E-state index contributed by atoms with van der Waals surface area (Å²) in [7, 11) is 0. The minimum Gasteiger partial charge on any atom is -0.348 e. The van der Waals surface area contributed by atoms with Crippen molar-refractivity contribution in [3.8, 4) is 0 Å². The molecule has 0 aliphatic carbocycles. The van der Waals surface area contributed by atoms with Crippen molar-refractivity contribution in [1.82, 2.24) is 15.1 Å². The molecule has 0 spiro atoms. The number of halogens is 2. The van der Waals surface area contributed by atoms with E-state index < -0.39 is 0 Å². The maximum Gasteiger partial charge on any atom is 0.253 e. The lowest BCUT2D eigenvalue weighted by Gasteiger charge is -2.08. The molecule has 21 heavy (non-hydrogen) atoms. The van der Waals surface area contributed by atoms with Crippen LogP contribution in [0.3, 0.4) is 0 Å². The fraction of sp³-hybridized carbons (Fsp3) is 0.333. The number of hydrogen-bond donors (Lipinski definition) is 1. The van der Waals surface area contributed by atoms with Gasteiger partial charge in [0.15, 0.2) is 0 Å². The van der Waals surface area contributed by atoms with Gasteiger partial charge in [0.25, 0.3) is 5.91 Å². The van der Waals surface area contributed by atoms with Gasteiger partial charge in [-0.1, -0.05) is 23.2 Å². The molecule has 0 unspecified atom stereocenters. The van der Waals surface area contributed by atoms with E-state index in [9.17, 15) is 4.79 Å². The van der Waals surface area contributed by atoms with Crippen LogP contribution in [0.5, 0.6) is 0 Å². The fourth-order valence-corrected chi connectivity index (χ4v) is 2.73. The van der Waals surface area contributed by atoms with Crippen molar-refractivity contribution in [3.63, 3.8) is 0 Å². The third-order valence-corrected chi connectivity index (χ3v) is 3.98. The molecule has 0 saturated heterocycles. The maximum absolute atomic E-state index is 12.2. The molecule has 2 aromatic rings. The smallest absolute Gasteiger partial charge is 0.253 e. The van der Waals surface area contributed by atoms with Gasteiger partial charge in [-0.3, -0.25) is 9.48 Å². The predicted octanol–water partition coefficient (Wildman–Crippen LogP) is 3.76. The molecule has 4 nitrogen and oxygen atoms in total. The van der Waals surface area contributed by atoms with Gasteiger partial charge in [-0.15, -0.1) is 0 Å². The molecule has 0 saturated carbocycles. The van der Waals surface area contributed by atoms with Gasteiger partial charge in [0.05, 0.1) is 16.3 Å². The quantitative estimate of drug-likeness (QED) is 0.930. The van der Waals surface area contributed by atoms with E-state index in [4.69, 9.17) is 23.2 Å². The number of nitrogens with zero attached hydrogens (tertiary/aromatic N) is 2. The second kappa shape index (κ2) is 6.50. The lowest BCUT2D eigenvalue weighted by molar-refractivity contribution is 0.0951. The first-order chi connectivity index (χ1) is 9.93. The van der Waals surface area contributed by atoms with E-state index in [0.717, 1.165) is 23.5 Å². The first kappa shape index (κ1) is 15.9. The molecule has 0 atom stereocenters. The van der Waals surface area contributed by atoms with Gasteiger partial charge in [-0.05, 0) is 39.0 Å². The molecular formula is C15H17Cl2N3O. The highest BCUT2D eigenvalue weighted by Gasteiger charge is 2.14. The Kier molecular flexibility index (Phi) is 4.91. The predicted molar refractivity (Wildman–Crippen MR) is 85.0 cm³/mol. The largest absolute Gasteiger partial charge is 0.348 e. The zero-order valence-corrected chi connectivity index (χ0v) is 13.7. The third-order valence-electron chi connectivity index (χ3n) is 3.43. The van der Waals surface area contributed by atoms with Crippen LogP contribution in [0.4, 0.5) is 0 Å². The molecule has 1 heterocycles. The Morgan fingerprint density at radius 2 is 2.05 bits per heavy atom.